The number of aromatic nitrogens is 2. The van der Waals surface area contributed by atoms with Gasteiger partial charge in [0.1, 0.15) is 5.82 Å². The fourth-order valence-corrected chi connectivity index (χ4v) is 3.19. The summed E-state index contributed by atoms with van der Waals surface area (Å²) in [4.78, 5) is 41.9. The average Bonchev–Trinajstić information content (AvgIpc) is 2.70. The van der Waals surface area contributed by atoms with Crippen molar-refractivity contribution in [1.82, 2.24) is 14.9 Å². The first-order valence-electron chi connectivity index (χ1n) is 10.2. The van der Waals surface area contributed by atoms with Gasteiger partial charge >= 0.3 is 5.97 Å². The Hall–Kier alpha value is -3.48. The number of carbonyl (C=O) groups is 2. The van der Waals surface area contributed by atoms with E-state index in [1.807, 2.05) is 58.0 Å². The van der Waals surface area contributed by atoms with Crippen LogP contribution in [0.4, 0.5) is 0 Å². The lowest BCUT2D eigenvalue weighted by Crippen LogP contribution is -2.42. The monoisotopic (exact) mass is 421 g/mol. The number of amides is 1. The topological polar surface area (TPSA) is 90.3 Å². The summed E-state index contributed by atoms with van der Waals surface area (Å²) in [6.07, 6.45) is 0.202. The maximum Gasteiger partial charge on any atom is 0.306 e. The minimum atomic E-state index is -0.526. The van der Waals surface area contributed by atoms with Crippen molar-refractivity contribution in [3.63, 3.8) is 0 Å². The molecule has 2 aromatic carbocycles. The first kappa shape index (κ1) is 22.2. The molecule has 1 heterocycles. The van der Waals surface area contributed by atoms with E-state index >= 15 is 0 Å². The second kappa shape index (κ2) is 9.12. The molecule has 3 aromatic rings. The third-order valence-corrected chi connectivity index (χ3v) is 4.57. The molecular formula is C24H27N3O4. The van der Waals surface area contributed by atoms with Gasteiger partial charge in [0.05, 0.1) is 23.0 Å². The summed E-state index contributed by atoms with van der Waals surface area (Å²) in [5.74, 6) is -0.424. The van der Waals surface area contributed by atoms with Crippen LogP contribution in [0.25, 0.3) is 16.6 Å². The van der Waals surface area contributed by atoms with Gasteiger partial charge in [0, 0.05) is 12.0 Å². The summed E-state index contributed by atoms with van der Waals surface area (Å²) >= 11 is 0. The van der Waals surface area contributed by atoms with E-state index in [1.54, 1.807) is 18.2 Å². The van der Waals surface area contributed by atoms with Crippen LogP contribution in [-0.2, 0) is 20.7 Å². The zero-order valence-electron chi connectivity index (χ0n) is 18.3. The second-order valence-electron chi connectivity index (χ2n) is 8.48. The molecule has 0 aliphatic rings. The second-order valence-corrected chi connectivity index (χ2v) is 8.48. The lowest BCUT2D eigenvalue weighted by atomic mass is 10.1. The largest absolute Gasteiger partial charge is 0.456 e. The fourth-order valence-electron chi connectivity index (χ4n) is 3.19. The number of nitrogens with zero attached hydrogens (tertiary/aromatic N) is 2. The van der Waals surface area contributed by atoms with Crippen LogP contribution >= 0.6 is 0 Å². The van der Waals surface area contributed by atoms with E-state index in [4.69, 9.17) is 4.74 Å². The molecule has 0 aliphatic carbocycles. The number of hydrogen-bond donors (Lipinski definition) is 1. The lowest BCUT2D eigenvalue weighted by molar-refractivity contribution is -0.148. The molecule has 1 amide bonds. The number of benzene rings is 2. The van der Waals surface area contributed by atoms with E-state index < -0.39 is 11.5 Å². The standard InChI is InChI=1S/C24H27N3O4/c1-16-9-11-17(12-10-16)27-20(25-19-8-6-5-7-18(19)23(27)30)13-14-22(29)31-15-21(28)26-24(2,3)4/h5-12H,13-15H2,1-4H3,(H,26,28). The van der Waals surface area contributed by atoms with E-state index in [0.717, 1.165) is 5.56 Å². The van der Waals surface area contributed by atoms with Crippen molar-refractivity contribution in [2.45, 2.75) is 46.1 Å². The van der Waals surface area contributed by atoms with Gasteiger partial charge in [-0.15, -0.1) is 0 Å². The van der Waals surface area contributed by atoms with E-state index in [-0.39, 0.29) is 30.9 Å². The first-order valence-corrected chi connectivity index (χ1v) is 10.2. The predicted octanol–water partition coefficient (Wildman–Crippen LogP) is 3.08. The molecular weight excluding hydrogens is 394 g/mol. The molecule has 1 aromatic heterocycles. The van der Waals surface area contributed by atoms with Gasteiger partial charge in [-0.25, -0.2) is 4.98 Å². The Morgan fingerprint density at radius 3 is 2.42 bits per heavy atom. The van der Waals surface area contributed by atoms with Gasteiger partial charge in [-0.05, 0) is 52.0 Å². The van der Waals surface area contributed by atoms with Gasteiger partial charge in [0.2, 0.25) is 0 Å². The van der Waals surface area contributed by atoms with E-state index in [9.17, 15) is 14.4 Å². The molecule has 0 radical (unpaired) electrons. The van der Waals surface area contributed by atoms with Crippen molar-refractivity contribution in [2.24, 2.45) is 0 Å². The number of hydrogen-bond acceptors (Lipinski definition) is 5. The van der Waals surface area contributed by atoms with E-state index in [0.29, 0.717) is 22.4 Å². The van der Waals surface area contributed by atoms with Crippen molar-refractivity contribution >= 4 is 22.8 Å². The minimum absolute atomic E-state index is 0.000556. The maximum absolute atomic E-state index is 13.2. The third-order valence-electron chi connectivity index (χ3n) is 4.57. The molecule has 0 atom stereocenters. The van der Waals surface area contributed by atoms with Crippen LogP contribution in [0.3, 0.4) is 0 Å². The summed E-state index contributed by atoms with van der Waals surface area (Å²) in [5.41, 5.74) is 1.74. The third kappa shape index (κ3) is 5.78. The Labute approximate surface area is 181 Å². The Morgan fingerprint density at radius 1 is 1.06 bits per heavy atom. The van der Waals surface area contributed by atoms with Gasteiger partial charge in [0.15, 0.2) is 6.61 Å². The van der Waals surface area contributed by atoms with Crippen LogP contribution in [-0.4, -0.2) is 33.6 Å². The number of ether oxygens (including phenoxy) is 1. The molecule has 0 spiro atoms. The van der Waals surface area contributed by atoms with Crippen LogP contribution < -0.4 is 10.9 Å². The van der Waals surface area contributed by atoms with Gasteiger partial charge in [-0.3, -0.25) is 19.0 Å². The highest BCUT2D eigenvalue weighted by molar-refractivity contribution is 5.81. The summed E-state index contributed by atoms with van der Waals surface area (Å²) in [5, 5.41) is 3.24. The summed E-state index contributed by atoms with van der Waals surface area (Å²) < 4.78 is 6.61. The number of carbonyl (C=O) groups excluding carboxylic acids is 2. The van der Waals surface area contributed by atoms with Crippen LogP contribution in [0.1, 0.15) is 38.6 Å². The molecule has 0 saturated heterocycles. The Kier molecular flexibility index (Phi) is 6.53. The summed E-state index contributed by atoms with van der Waals surface area (Å²) in [7, 11) is 0. The molecule has 0 bridgehead atoms. The Morgan fingerprint density at radius 2 is 1.74 bits per heavy atom. The normalized spacial score (nSPS) is 11.4. The molecule has 0 fully saturated rings. The highest BCUT2D eigenvalue weighted by Crippen LogP contribution is 2.15. The Balaban J connectivity index is 1.82. The quantitative estimate of drug-likeness (QED) is 0.618. The van der Waals surface area contributed by atoms with Gasteiger partial charge in [0.25, 0.3) is 11.5 Å². The molecule has 31 heavy (non-hydrogen) atoms. The van der Waals surface area contributed by atoms with Crippen molar-refractivity contribution in [2.75, 3.05) is 6.61 Å². The number of rotatable bonds is 6. The minimum Gasteiger partial charge on any atom is -0.456 e. The van der Waals surface area contributed by atoms with E-state index in [2.05, 4.69) is 10.3 Å². The summed E-state index contributed by atoms with van der Waals surface area (Å²) in [6, 6.07) is 14.7. The van der Waals surface area contributed by atoms with E-state index in [1.165, 1.54) is 4.57 Å². The zero-order chi connectivity index (χ0) is 22.6. The molecule has 0 aliphatic heterocycles. The van der Waals surface area contributed by atoms with Crippen LogP contribution in [0.15, 0.2) is 53.3 Å². The smallest absolute Gasteiger partial charge is 0.306 e. The molecule has 7 heteroatoms. The number of fused-ring (bicyclic) bond motifs is 1. The average molecular weight is 421 g/mol. The number of nitrogens with one attached hydrogen (secondary N) is 1. The van der Waals surface area contributed by atoms with Crippen molar-refractivity contribution in [3.8, 4) is 5.69 Å². The highest BCUT2D eigenvalue weighted by Gasteiger charge is 2.17. The lowest BCUT2D eigenvalue weighted by Gasteiger charge is -2.20. The number of esters is 1. The molecule has 1 N–H and O–H groups in total. The highest BCUT2D eigenvalue weighted by atomic mass is 16.5. The molecule has 7 nitrogen and oxygen atoms in total. The van der Waals surface area contributed by atoms with Crippen molar-refractivity contribution < 1.29 is 14.3 Å². The maximum atomic E-state index is 13.2. The van der Waals surface area contributed by atoms with Crippen molar-refractivity contribution in [1.29, 1.82) is 0 Å². The number of para-hydroxylation sites is 1. The SMILES string of the molecule is Cc1ccc(-n2c(CCC(=O)OCC(=O)NC(C)(C)C)nc3ccccc3c2=O)cc1. The van der Waals surface area contributed by atoms with Gasteiger partial charge in [-0.1, -0.05) is 29.8 Å². The van der Waals surface area contributed by atoms with Crippen molar-refractivity contribution in [3.05, 3.63) is 70.3 Å². The fraction of sp³-hybridized carbons (Fsp3) is 0.333. The predicted molar refractivity (Wildman–Crippen MR) is 119 cm³/mol. The van der Waals surface area contributed by atoms with Crippen LogP contribution in [0, 0.1) is 6.92 Å². The van der Waals surface area contributed by atoms with Gasteiger partial charge < -0.3 is 10.1 Å². The molecule has 0 saturated carbocycles. The summed E-state index contributed by atoms with van der Waals surface area (Å²) in [6.45, 7) is 7.18. The van der Waals surface area contributed by atoms with Crippen LogP contribution in [0.2, 0.25) is 0 Å². The number of aryl methyl sites for hydroxylation is 2. The first-order chi connectivity index (χ1) is 14.6. The molecule has 162 valence electrons. The zero-order valence-corrected chi connectivity index (χ0v) is 18.3. The van der Waals surface area contributed by atoms with Crippen LogP contribution in [0.5, 0.6) is 0 Å². The van der Waals surface area contributed by atoms with Gasteiger partial charge in [-0.2, -0.15) is 0 Å². The molecule has 3 rings (SSSR count). The Bertz CT molecular complexity index is 1160. The molecule has 0 unspecified atom stereocenters.